The maximum absolute atomic E-state index is 9.76. The van der Waals surface area contributed by atoms with E-state index < -0.39 is 0 Å². The highest BCUT2D eigenvalue weighted by Gasteiger charge is 2.40. The SMILES string of the molecule is OC1CC2CCC(C1)N2CC1CCCCO1. The Bertz CT molecular complexity index is 226. The largest absolute Gasteiger partial charge is 0.393 e. The lowest BCUT2D eigenvalue weighted by Gasteiger charge is -2.39. The van der Waals surface area contributed by atoms with Gasteiger partial charge in [0.25, 0.3) is 0 Å². The van der Waals surface area contributed by atoms with Gasteiger partial charge in [0.15, 0.2) is 0 Å². The molecule has 3 heterocycles. The van der Waals surface area contributed by atoms with E-state index in [1.807, 2.05) is 0 Å². The van der Waals surface area contributed by atoms with Crippen molar-refractivity contribution in [2.75, 3.05) is 13.2 Å². The van der Waals surface area contributed by atoms with Gasteiger partial charge in [0.1, 0.15) is 0 Å². The van der Waals surface area contributed by atoms with Crippen LogP contribution in [0.3, 0.4) is 0 Å². The monoisotopic (exact) mass is 225 g/mol. The van der Waals surface area contributed by atoms with Crippen LogP contribution < -0.4 is 0 Å². The molecule has 3 nitrogen and oxygen atoms in total. The summed E-state index contributed by atoms with van der Waals surface area (Å²) in [5, 5.41) is 9.76. The Morgan fingerprint density at radius 1 is 1.06 bits per heavy atom. The number of aliphatic hydroxyl groups is 1. The summed E-state index contributed by atoms with van der Waals surface area (Å²) in [7, 11) is 0. The van der Waals surface area contributed by atoms with Crippen LogP contribution in [-0.2, 0) is 4.74 Å². The molecule has 0 aromatic carbocycles. The number of nitrogens with zero attached hydrogens (tertiary/aromatic N) is 1. The molecule has 3 saturated heterocycles. The summed E-state index contributed by atoms with van der Waals surface area (Å²) in [4.78, 5) is 2.63. The summed E-state index contributed by atoms with van der Waals surface area (Å²) in [6.07, 6.45) is 8.78. The van der Waals surface area contributed by atoms with Gasteiger partial charge in [-0.3, -0.25) is 4.90 Å². The first kappa shape index (κ1) is 11.0. The molecule has 0 aromatic heterocycles. The van der Waals surface area contributed by atoms with E-state index in [-0.39, 0.29) is 6.10 Å². The molecule has 0 aliphatic carbocycles. The predicted molar refractivity (Wildman–Crippen MR) is 62.3 cm³/mol. The molecule has 0 amide bonds. The van der Waals surface area contributed by atoms with E-state index in [0.29, 0.717) is 18.2 Å². The topological polar surface area (TPSA) is 32.7 Å². The predicted octanol–water partition coefficient (Wildman–Crippen LogP) is 1.54. The molecule has 2 bridgehead atoms. The summed E-state index contributed by atoms with van der Waals surface area (Å²) in [5.74, 6) is 0. The third-order valence-electron chi connectivity index (χ3n) is 4.55. The van der Waals surface area contributed by atoms with Gasteiger partial charge in [0.05, 0.1) is 12.2 Å². The molecule has 0 spiro atoms. The van der Waals surface area contributed by atoms with E-state index >= 15 is 0 Å². The van der Waals surface area contributed by atoms with Crippen LogP contribution in [0.15, 0.2) is 0 Å². The number of hydrogen-bond acceptors (Lipinski definition) is 3. The lowest BCUT2D eigenvalue weighted by Crippen LogP contribution is -2.48. The zero-order chi connectivity index (χ0) is 11.0. The van der Waals surface area contributed by atoms with Crippen LogP contribution >= 0.6 is 0 Å². The van der Waals surface area contributed by atoms with Crippen molar-refractivity contribution in [3.8, 4) is 0 Å². The van der Waals surface area contributed by atoms with E-state index in [9.17, 15) is 5.11 Å². The van der Waals surface area contributed by atoms with E-state index in [1.54, 1.807) is 0 Å². The van der Waals surface area contributed by atoms with Gasteiger partial charge < -0.3 is 9.84 Å². The summed E-state index contributed by atoms with van der Waals surface area (Å²) < 4.78 is 5.83. The molecule has 3 rings (SSSR count). The minimum Gasteiger partial charge on any atom is -0.393 e. The fourth-order valence-corrected chi connectivity index (χ4v) is 3.73. The van der Waals surface area contributed by atoms with E-state index in [4.69, 9.17) is 4.74 Å². The van der Waals surface area contributed by atoms with Gasteiger partial charge in [0.2, 0.25) is 0 Å². The average molecular weight is 225 g/mol. The van der Waals surface area contributed by atoms with Crippen LogP contribution in [-0.4, -0.2) is 47.4 Å². The first-order valence-electron chi connectivity index (χ1n) is 6.88. The van der Waals surface area contributed by atoms with Crippen molar-refractivity contribution in [2.24, 2.45) is 0 Å². The first-order chi connectivity index (χ1) is 7.83. The van der Waals surface area contributed by atoms with Crippen LogP contribution in [0.5, 0.6) is 0 Å². The molecule has 3 aliphatic rings. The van der Waals surface area contributed by atoms with Crippen molar-refractivity contribution >= 4 is 0 Å². The fourth-order valence-electron chi connectivity index (χ4n) is 3.73. The van der Waals surface area contributed by atoms with Crippen molar-refractivity contribution in [1.29, 1.82) is 0 Å². The zero-order valence-electron chi connectivity index (χ0n) is 9.98. The lowest BCUT2D eigenvalue weighted by atomic mass is 9.98. The Morgan fingerprint density at radius 3 is 2.44 bits per heavy atom. The average Bonchev–Trinajstić information content (AvgIpc) is 2.54. The minimum atomic E-state index is -0.0407. The van der Waals surface area contributed by atoms with Gasteiger partial charge in [-0.25, -0.2) is 0 Å². The van der Waals surface area contributed by atoms with Gasteiger partial charge in [-0.15, -0.1) is 0 Å². The summed E-state index contributed by atoms with van der Waals surface area (Å²) in [5.41, 5.74) is 0. The standard InChI is InChI=1S/C13H23NO2/c15-12-7-10-4-5-11(8-12)14(10)9-13-3-1-2-6-16-13/h10-13,15H,1-9H2. The molecule has 0 radical (unpaired) electrons. The Kier molecular flexibility index (Phi) is 3.18. The van der Waals surface area contributed by atoms with Crippen LogP contribution in [0.4, 0.5) is 0 Å². The minimum absolute atomic E-state index is 0.0407. The van der Waals surface area contributed by atoms with E-state index in [0.717, 1.165) is 26.0 Å². The molecule has 92 valence electrons. The van der Waals surface area contributed by atoms with Crippen LogP contribution in [0.2, 0.25) is 0 Å². The van der Waals surface area contributed by atoms with Crippen molar-refractivity contribution in [3.63, 3.8) is 0 Å². The Labute approximate surface area is 97.8 Å². The van der Waals surface area contributed by atoms with Crippen molar-refractivity contribution in [2.45, 2.75) is 69.2 Å². The smallest absolute Gasteiger partial charge is 0.0702 e. The zero-order valence-corrected chi connectivity index (χ0v) is 9.98. The van der Waals surface area contributed by atoms with Crippen LogP contribution in [0.1, 0.15) is 44.9 Å². The second-order valence-electron chi connectivity index (χ2n) is 5.70. The van der Waals surface area contributed by atoms with Crippen LogP contribution in [0, 0.1) is 0 Å². The summed E-state index contributed by atoms with van der Waals surface area (Å²) >= 11 is 0. The second-order valence-corrected chi connectivity index (χ2v) is 5.70. The van der Waals surface area contributed by atoms with Gasteiger partial charge in [-0.05, 0) is 44.9 Å². The van der Waals surface area contributed by atoms with Crippen LogP contribution in [0.25, 0.3) is 0 Å². The molecular weight excluding hydrogens is 202 g/mol. The quantitative estimate of drug-likeness (QED) is 0.774. The molecule has 16 heavy (non-hydrogen) atoms. The molecular formula is C13H23NO2. The number of rotatable bonds is 2. The maximum Gasteiger partial charge on any atom is 0.0702 e. The van der Waals surface area contributed by atoms with Gasteiger partial charge in [0, 0.05) is 25.2 Å². The maximum atomic E-state index is 9.76. The lowest BCUT2D eigenvalue weighted by molar-refractivity contribution is -0.0370. The van der Waals surface area contributed by atoms with Gasteiger partial charge >= 0.3 is 0 Å². The van der Waals surface area contributed by atoms with Gasteiger partial charge in [-0.1, -0.05) is 0 Å². The van der Waals surface area contributed by atoms with E-state index in [1.165, 1.54) is 32.1 Å². The third kappa shape index (κ3) is 2.13. The first-order valence-corrected chi connectivity index (χ1v) is 6.88. The molecule has 1 N–H and O–H groups in total. The fraction of sp³-hybridized carbons (Fsp3) is 1.00. The Hall–Kier alpha value is -0.120. The molecule has 0 saturated carbocycles. The highest BCUT2D eigenvalue weighted by Crippen LogP contribution is 2.36. The molecule has 3 fully saturated rings. The van der Waals surface area contributed by atoms with E-state index in [2.05, 4.69) is 4.90 Å². The third-order valence-corrected chi connectivity index (χ3v) is 4.55. The number of ether oxygens (including phenoxy) is 1. The van der Waals surface area contributed by atoms with Gasteiger partial charge in [-0.2, -0.15) is 0 Å². The normalized spacial score (nSPS) is 44.8. The number of fused-ring (bicyclic) bond motifs is 2. The number of hydrogen-bond donors (Lipinski definition) is 1. The Morgan fingerprint density at radius 2 is 1.81 bits per heavy atom. The van der Waals surface area contributed by atoms with Crippen molar-refractivity contribution < 1.29 is 9.84 Å². The summed E-state index contributed by atoms with van der Waals surface area (Å²) in [6.45, 7) is 2.07. The molecule has 3 atom stereocenters. The molecule has 3 heteroatoms. The van der Waals surface area contributed by atoms with Crippen molar-refractivity contribution in [3.05, 3.63) is 0 Å². The number of aliphatic hydroxyl groups excluding tert-OH is 1. The highest BCUT2D eigenvalue weighted by molar-refractivity contribution is 4.96. The van der Waals surface area contributed by atoms with Crippen molar-refractivity contribution in [1.82, 2.24) is 4.90 Å². The summed E-state index contributed by atoms with van der Waals surface area (Å²) in [6, 6.07) is 1.28. The molecule has 0 aromatic rings. The molecule has 3 aliphatic heterocycles. The second kappa shape index (κ2) is 4.63. The molecule has 3 unspecified atom stereocenters. The Balaban J connectivity index is 1.58. The highest BCUT2D eigenvalue weighted by atomic mass is 16.5. The number of piperidine rings is 1.